The number of hydrogen-bond acceptors (Lipinski definition) is 2. The molecule has 1 aliphatic rings. The SMILES string of the molecule is CCC1CNCC(c2cc(C)cc(C)c2)O1. The highest BCUT2D eigenvalue weighted by Crippen LogP contribution is 2.24. The van der Waals surface area contributed by atoms with Crippen LogP contribution < -0.4 is 5.32 Å². The van der Waals surface area contributed by atoms with Gasteiger partial charge in [0.25, 0.3) is 0 Å². The monoisotopic (exact) mass is 219 g/mol. The largest absolute Gasteiger partial charge is 0.368 e. The maximum Gasteiger partial charge on any atom is 0.0953 e. The first-order chi connectivity index (χ1) is 7.69. The third-order valence-corrected chi connectivity index (χ3v) is 3.13. The molecule has 88 valence electrons. The Morgan fingerprint density at radius 2 is 1.88 bits per heavy atom. The molecular weight excluding hydrogens is 198 g/mol. The van der Waals surface area contributed by atoms with Gasteiger partial charge < -0.3 is 10.1 Å². The van der Waals surface area contributed by atoms with Crippen LogP contribution in [0.5, 0.6) is 0 Å². The van der Waals surface area contributed by atoms with Crippen molar-refractivity contribution in [2.45, 2.75) is 39.4 Å². The maximum absolute atomic E-state index is 6.07. The Bertz CT molecular complexity index is 342. The molecule has 1 fully saturated rings. The Morgan fingerprint density at radius 3 is 2.50 bits per heavy atom. The molecule has 0 spiro atoms. The third-order valence-electron chi connectivity index (χ3n) is 3.13. The van der Waals surface area contributed by atoms with E-state index in [4.69, 9.17) is 4.74 Å². The molecule has 1 heterocycles. The molecule has 1 aromatic rings. The van der Waals surface area contributed by atoms with Crippen LogP contribution in [-0.2, 0) is 4.74 Å². The van der Waals surface area contributed by atoms with Crippen molar-refractivity contribution in [2.75, 3.05) is 13.1 Å². The summed E-state index contributed by atoms with van der Waals surface area (Å²) in [6.45, 7) is 8.38. The van der Waals surface area contributed by atoms with E-state index < -0.39 is 0 Å². The molecule has 0 radical (unpaired) electrons. The smallest absolute Gasteiger partial charge is 0.0953 e. The zero-order chi connectivity index (χ0) is 11.5. The second-order valence-corrected chi connectivity index (χ2v) is 4.73. The summed E-state index contributed by atoms with van der Waals surface area (Å²) < 4.78 is 6.07. The molecule has 1 aliphatic heterocycles. The van der Waals surface area contributed by atoms with Gasteiger partial charge >= 0.3 is 0 Å². The van der Waals surface area contributed by atoms with Crippen molar-refractivity contribution in [3.63, 3.8) is 0 Å². The van der Waals surface area contributed by atoms with Gasteiger partial charge in [-0.25, -0.2) is 0 Å². The third kappa shape index (κ3) is 2.63. The van der Waals surface area contributed by atoms with Crippen LogP contribution in [0.4, 0.5) is 0 Å². The zero-order valence-electron chi connectivity index (χ0n) is 10.4. The number of benzene rings is 1. The highest BCUT2D eigenvalue weighted by atomic mass is 16.5. The lowest BCUT2D eigenvalue weighted by Crippen LogP contribution is -2.40. The topological polar surface area (TPSA) is 21.3 Å². The second kappa shape index (κ2) is 4.98. The molecule has 0 amide bonds. The normalized spacial score (nSPS) is 25.7. The number of aryl methyl sites for hydroxylation is 2. The fraction of sp³-hybridized carbons (Fsp3) is 0.571. The van der Waals surface area contributed by atoms with E-state index in [9.17, 15) is 0 Å². The van der Waals surface area contributed by atoms with E-state index in [1.54, 1.807) is 0 Å². The molecule has 2 rings (SSSR count). The van der Waals surface area contributed by atoms with Crippen molar-refractivity contribution in [2.24, 2.45) is 0 Å². The van der Waals surface area contributed by atoms with Crippen molar-refractivity contribution < 1.29 is 4.74 Å². The summed E-state index contributed by atoms with van der Waals surface area (Å²) in [5.74, 6) is 0. The van der Waals surface area contributed by atoms with Gasteiger partial charge in [0.2, 0.25) is 0 Å². The van der Waals surface area contributed by atoms with E-state index in [0.29, 0.717) is 6.10 Å². The van der Waals surface area contributed by atoms with E-state index in [0.717, 1.165) is 19.5 Å². The molecule has 0 aliphatic carbocycles. The Morgan fingerprint density at radius 1 is 1.19 bits per heavy atom. The molecule has 1 N–H and O–H groups in total. The standard InChI is InChI=1S/C14H21NO/c1-4-13-8-15-9-14(16-13)12-6-10(2)5-11(3)7-12/h5-7,13-15H,4,8-9H2,1-3H3. The molecule has 2 heteroatoms. The predicted molar refractivity (Wildman–Crippen MR) is 66.7 cm³/mol. The van der Waals surface area contributed by atoms with Crippen LogP contribution in [0.2, 0.25) is 0 Å². The lowest BCUT2D eigenvalue weighted by molar-refractivity contribution is -0.0400. The first-order valence-electron chi connectivity index (χ1n) is 6.13. The molecule has 1 saturated heterocycles. The summed E-state index contributed by atoms with van der Waals surface area (Å²) in [7, 11) is 0. The highest BCUT2D eigenvalue weighted by molar-refractivity contribution is 5.30. The Balaban J connectivity index is 2.16. The minimum absolute atomic E-state index is 0.220. The minimum Gasteiger partial charge on any atom is -0.368 e. The van der Waals surface area contributed by atoms with E-state index in [-0.39, 0.29) is 6.10 Å². The predicted octanol–water partition coefficient (Wildman–Crippen LogP) is 2.74. The van der Waals surface area contributed by atoms with Crippen molar-refractivity contribution >= 4 is 0 Å². The highest BCUT2D eigenvalue weighted by Gasteiger charge is 2.22. The molecular formula is C14H21NO. The van der Waals surface area contributed by atoms with Gasteiger partial charge in [0.05, 0.1) is 12.2 Å². The number of hydrogen-bond donors (Lipinski definition) is 1. The van der Waals surface area contributed by atoms with Crippen LogP contribution >= 0.6 is 0 Å². The van der Waals surface area contributed by atoms with Gasteiger partial charge in [0.1, 0.15) is 0 Å². The summed E-state index contributed by atoms with van der Waals surface area (Å²) in [4.78, 5) is 0. The van der Waals surface area contributed by atoms with Crippen molar-refractivity contribution in [1.29, 1.82) is 0 Å². The van der Waals surface area contributed by atoms with Crippen molar-refractivity contribution in [3.05, 3.63) is 34.9 Å². The van der Waals surface area contributed by atoms with E-state index in [2.05, 4.69) is 44.3 Å². The van der Waals surface area contributed by atoms with Crippen LogP contribution in [0, 0.1) is 13.8 Å². The molecule has 2 nitrogen and oxygen atoms in total. The van der Waals surface area contributed by atoms with Crippen molar-refractivity contribution in [1.82, 2.24) is 5.32 Å². The van der Waals surface area contributed by atoms with E-state index in [1.165, 1.54) is 16.7 Å². The maximum atomic E-state index is 6.07. The average Bonchev–Trinajstić information content (AvgIpc) is 2.28. The van der Waals surface area contributed by atoms with Gasteiger partial charge in [-0.15, -0.1) is 0 Å². The second-order valence-electron chi connectivity index (χ2n) is 4.73. The summed E-state index contributed by atoms with van der Waals surface area (Å²) in [5, 5.41) is 3.45. The molecule has 2 atom stereocenters. The molecule has 0 aromatic heterocycles. The van der Waals surface area contributed by atoms with E-state index in [1.807, 2.05) is 0 Å². The van der Waals surface area contributed by atoms with Crippen molar-refractivity contribution in [3.8, 4) is 0 Å². The van der Waals surface area contributed by atoms with Gasteiger partial charge in [-0.3, -0.25) is 0 Å². The van der Waals surface area contributed by atoms with Crippen LogP contribution in [0.1, 0.15) is 36.1 Å². The Labute approximate surface area is 98.0 Å². The lowest BCUT2D eigenvalue weighted by atomic mass is 10.0. The van der Waals surface area contributed by atoms with Gasteiger partial charge in [-0.1, -0.05) is 36.2 Å². The zero-order valence-corrected chi connectivity index (χ0v) is 10.4. The Kier molecular flexibility index (Phi) is 3.62. The first-order valence-corrected chi connectivity index (χ1v) is 6.13. The molecule has 2 unspecified atom stereocenters. The summed E-state index contributed by atoms with van der Waals surface area (Å²) in [5.41, 5.74) is 3.94. The average molecular weight is 219 g/mol. The molecule has 0 bridgehead atoms. The van der Waals surface area contributed by atoms with Crippen LogP contribution in [0.3, 0.4) is 0 Å². The quantitative estimate of drug-likeness (QED) is 0.826. The summed E-state index contributed by atoms with van der Waals surface area (Å²) in [6.07, 6.45) is 1.66. The van der Waals surface area contributed by atoms with E-state index >= 15 is 0 Å². The van der Waals surface area contributed by atoms with Crippen LogP contribution in [0.25, 0.3) is 0 Å². The number of morpholine rings is 1. The minimum atomic E-state index is 0.220. The molecule has 1 aromatic carbocycles. The molecule has 16 heavy (non-hydrogen) atoms. The fourth-order valence-corrected chi connectivity index (χ4v) is 2.34. The van der Waals surface area contributed by atoms with Crippen LogP contribution in [0.15, 0.2) is 18.2 Å². The number of nitrogens with one attached hydrogen (secondary N) is 1. The van der Waals surface area contributed by atoms with Gasteiger partial charge in [-0.2, -0.15) is 0 Å². The summed E-state index contributed by atoms with van der Waals surface area (Å²) in [6, 6.07) is 6.67. The Hall–Kier alpha value is -0.860. The number of rotatable bonds is 2. The molecule has 0 saturated carbocycles. The fourth-order valence-electron chi connectivity index (χ4n) is 2.34. The van der Waals surface area contributed by atoms with Crippen LogP contribution in [-0.4, -0.2) is 19.2 Å². The van der Waals surface area contributed by atoms with Gasteiger partial charge in [0, 0.05) is 13.1 Å². The van der Waals surface area contributed by atoms with Gasteiger partial charge in [-0.05, 0) is 25.8 Å². The first kappa shape index (κ1) is 11.6. The summed E-state index contributed by atoms with van der Waals surface area (Å²) >= 11 is 0. The van der Waals surface area contributed by atoms with Gasteiger partial charge in [0.15, 0.2) is 0 Å². The number of ether oxygens (including phenoxy) is 1. The lowest BCUT2D eigenvalue weighted by Gasteiger charge is -2.31.